The van der Waals surface area contributed by atoms with Crippen LogP contribution in [0.4, 0.5) is 5.69 Å². The third-order valence-electron chi connectivity index (χ3n) is 4.09. The van der Waals surface area contributed by atoms with Gasteiger partial charge in [-0.15, -0.1) is 0 Å². The van der Waals surface area contributed by atoms with Crippen molar-refractivity contribution in [3.05, 3.63) is 54.1 Å². The maximum Gasteiger partial charge on any atom is 0.261 e. The highest BCUT2D eigenvalue weighted by atomic mass is 16.5. The van der Waals surface area contributed by atoms with E-state index in [2.05, 4.69) is 10.3 Å². The van der Waals surface area contributed by atoms with E-state index in [-0.39, 0.29) is 5.91 Å². The fourth-order valence-corrected chi connectivity index (χ4v) is 2.85. The molecule has 0 unspecified atom stereocenters. The van der Waals surface area contributed by atoms with Crippen molar-refractivity contribution < 1.29 is 14.3 Å². The molecular weight excluding hydrogens is 330 g/mol. The molecule has 0 bridgehead atoms. The minimum absolute atomic E-state index is 0.237. The van der Waals surface area contributed by atoms with Gasteiger partial charge in [-0.2, -0.15) is 0 Å². The molecular formula is C20H23N3O3. The van der Waals surface area contributed by atoms with E-state index in [4.69, 9.17) is 9.47 Å². The van der Waals surface area contributed by atoms with Crippen LogP contribution in [0.3, 0.4) is 0 Å². The Balaban J connectivity index is 1.79. The molecule has 0 atom stereocenters. The Morgan fingerprint density at radius 3 is 2.69 bits per heavy atom. The van der Waals surface area contributed by atoms with E-state index in [1.165, 1.54) is 0 Å². The van der Waals surface area contributed by atoms with Crippen LogP contribution in [0.25, 0.3) is 0 Å². The molecule has 0 saturated carbocycles. The van der Waals surface area contributed by atoms with E-state index in [1.54, 1.807) is 19.2 Å². The number of nitrogens with zero attached hydrogens (tertiary/aromatic N) is 2. The fraction of sp³-hybridized carbons (Fsp3) is 0.300. The normalized spacial score (nSPS) is 13.8. The number of para-hydroxylation sites is 1. The van der Waals surface area contributed by atoms with Crippen molar-refractivity contribution >= 4 is 17.6 Å². The van der Waals surface area contributed by atoms with Crippen LogP contribution in [0.1, 0.15) is 23.7 Å². The first-order chi connectivity index (χ1) is 12.7. The smallest absolute Gasteiger partial charge is 0.261 e. The zero-order valence-corrected chi connectivity index (χ0v) is 15.1. The number of carbonyl (C=O) groups is 1. The van der Waals surface area contributed by atoms with Gasteiger partial charge < -0.3 is 14.4 Å². The third kappa shape index (κ3) is 3.96. The molecule has 0 aliphatic carbocycles. The average molecular weight is 353 g/mol. The molecule has 3 rings (SSSR count). The highest BCUT2D eigenvalue weighted by Crippen LogP contribution is 2.22. The number of nitrogens with one attached hydrogen (secondary N) is 1. The van der Waals surface area contributed by atoms with Gasteiger partial charge in [0.2, 0.25) is 5.96 Å². The molecule has 136 valence electrons. The summed E-state index contributed by atoms with van der Waals surface area (Å²) in [5.41, 5.74) is 1.45. The number of hydrogen-bond donors (Lipinski definition) is 1. The van der Waals surface area contributed by atoms with Gasteiger partial charge in [-0.3, -0.25) is 15.1 Å². The second kappa shape index (κ2) is 8.38. The summed E-state index contributed by atoms with van der Waals surface area (Å²) in [6.07, 6.45) is 0.932. The SMILES string of the molecule is CCOc1ccc(N2CCCN=C2NC(=O)c2ccccc2OC)cc1. The van der Waals surface area contributed by atoms with E-state index in [0.717, 1.165) is 24.4 Å². The van der Waals surface area contributed by atoms with Crippen molar-refractivity contribution in [3.63, 3.8) is 0 Å². The molecule has 1 aliphatic rings. The second-order valence-corrected chi connectivity index (χ2v) is 5.79. The summed E-state index contributed by atoms with van der Waals surface area (Å²) in [6.45, 7) is 4.06. The number of carbonyl (C=O) groups excluding carboxylic acids is 1. The number of guanidine groups is 1. The zero-order chi connectivity index (χ0) is 18.4. The number of benzene rings is 2. The molecule has 6 nitrogen and oxygen atoms in total. The van der Waals surface area contributed by atoms with Crippen molar-refractivity contribution in [1.82, 2.24) is 5.32 Å². The van der Waals surface area contributed by atoms with Crippen LogP contribution in [0.5, 0.6) is 11.5 Å². The Morgan fingerprint density at radius 2 is 1.96 bits per heavy atom. The molecule has 0 spiro atoms. The first-order valence-corrected chi connectivity index (χ1v) is 8.72. The topological polar surface area (TPSA) is 63.2 Å². The highest BCUT2D eigenvalue weighted by Gasteiger charge is 2.21. The number of anilines is 1. The predicted octanol–water partition coefficient (Wildman–Crippen LogP) is 3.09. The highest BCUT2D eigenvalue weighted by molar-refractivity contribution is 6.12. The Kier molecular flexibility index (Phi) is 5.73. The minimum atomic E-state index is -0.237. The number of aliphatic imine (C=N–C) groups is 1. The van der Waals surface area contributed by atoms with Gasteiger partial charge in [0, 0.05) is 18.8 Å². The number of rotatable bonds is 5. The van der Waals surface area contributed by atoms with Crippen LogP contribution in [-0.4, -0.2) is 38.7 Å². The van der Waals surface area contributed by atoms with Crippen molar-refractivity contribution in [1.29, 1.82) is 0 Å². The largest absolute Gasteiger partial charge is 0.496 e. The van der Waals surface area contributed by atoms with Crippen LogP contribution in [-0.2, 0) is 0 Å². The summed E-state index contributed by atoms with van der Waals surface area (Å²) >= 11 is 0. The van der Waals surface area contributed by atoms with Gasteiger partial charge in [0.25, 0.3) is 5.91 Å². The van der Waals surface area contributed by atoms with Crippen LogP contribution in [0, 0.1) is 0 Å². The fourth-order valence-electron chi connectivity index (χ4n) is 2.85. The van der Waals surface area contributed by atoms with Gasteiger partial charge in [0.1, 0.15) is 11.5 Å². The molecule has 0 aromatic heterocycles. The molecule has 26 heavy (non-hydrogen) atoms. The molecule has 6 heteroatoms. The maximum absolute atomic E-state index is 12.7. The van der Waals surface area contributed by atoms with E-state index in [9.17, 15) is 4.79 Å². The zero-order valence-electron chi connectivity index (χ0n) is 15.1. The lowest BCUT2D eigenvalue weighted by Crippen LogP contribution is -2.47. The molecule has 0 saturated heterocycles. The summed E-state index contributed by atoms with van der Waals surface area (Å²) in [5, 5.41) is 2.92. The van der Waals surface area contributed by atoms with E-state index in [0.29, 0.717) is 30.4 Å². The van der Waals surface area contributed by atoms with E-state index in [1.807, 2.05) is 48.2 Å². The molecule has 2 aromatic carbocycles. The summed E-state index contributed by atoms with van der Waals surface area (Å²) in [7, 11) is 1.55. The van der Waals surface area contributed by atoms with E-state index >= 15 is 0 Å². The standard InChI is InChI=1S/C20H23N3O3/c1-3-26-16-11-9-15(10-12-16)23-14-6-13-21-20(23)22-19(24)17-7-4-5-8-18(17)25-2/h4-5,7-12H,3,6,13-14H2,1-2H3,(H,21,22,24). The quantitative estimate of drug-likeness (QED) is 0.897. The van der Waals surface area contributed by atoms with Gasteiger partial charge in [-0.25, -0.2) is 0 Å². The minimum Gasteiger partial charge on any atom is -0.496 e. The Bertz CT molecular complexity index is 787. The van der Waals surface area contributed by atoms with Crippen molar-refractivity contribution in [3.8, 4) is 11.5 Å². The second-order valence-electron chi connectivity index (χ2n) is 5.79. The lowest BCUT2D eigenvalue weighted by Gasteiger charge is -2.29. The lowest BCUT2D eigenvalue weighted by atomic mass is 10.2. The van der Waals surface area contributed by atoms with Crippen LogP contribution < -0.4 is 19.7 Å². The molecule has 0 fully saturated rings. The first-order valence-electron chi connectivity index (χ1n) is 8.72. The van der Waals surface area contributed by atoms with E-state index < -0.39 is 0 Å². The van der Waals surface area contributed by atoms with Crippen LogP contribution in [0.2, 0.25) is 0 Å². The maximum atomic E-state index is 12.7. The van der Waals surface area contributed by atoms with Crippen molar-refractivity contribution in [2.24, 2.45) is 4.99 Å². The first kappa shape index (κ1) is 17.8. The average Bonchev–Trinajstić information content (AvgIpc) is 2.69. The van der Waals surface area contributed by atoms with Gasteiger partial charge in [0.15, 0.2) is 0 Å². The van der Waals surface area contributed by atoms with Gasteiger partial charge in [-0.05, 0) is 49.7 Å². The van der Waals surface area contributed by atoms with Crippen LogP contribution in [0.15, 0.2) is 53.5 Å². The number of hydrogen-bond acceptors (Lipinski definition) is 5. The summed E-state index contributed by atoms with van der Waals surface area (Å²) < 4.78 is 10.8. The summed E-state index contributed by atoms with van der Waals surface area (Å²) in [6, 6.07) is 14.9. The molecule has 1 N–H and O–H groups in total. The number of amides is 1. The Morgan fingerprint density at radius 1 is 1.19 bits per heavy atom. The molecule has 1 amide bonds. The number of ether oxygens (including phenoxy) is 2. The van der Waals surface area contributed by atoms with Crippen LogP contribution >= 0.6 is 0 Å². The summed E-state index contributed by atoms with van der Waals surface area (Å²) in [4.78, 5) is 19.2. The van der Waals surface area contributed by atoms with Crippen molar-refractivity contribution in [2.45, 2.75) is 13.3 Å². The molecule has 1 aliphatic heterocycles. The molecule has 1 heterocycles. The molecule has 0 radical (unpaired) electrons. The monoisotopic (exact) mass is 353 g/mol. The van der Waals surface area contributed by atoms with Gasteiger partial charge in [0.05, 0.1) is 19.3 Å². The van der Waals surface area contributed by atoms with Gasteiger partial charge in [-0.1, -0.05) is 12.1 Å². The van der Waals surface area contributed by atoms with Crippen molar-refractivity contribution in [2.75, 3.05) is 31.7 Å². The number of methoxy groups -OCH3 is 1. The predicted molar refractivity (Wildman–Crippen MR) is 102 cm³/mol. The molecule has 2 aromatic rings. The Labute approximate surface area is 153 Å². The lowest BCUT2D eigenvalue weighted by molar-refractivity contribution is 0.0973. The Hall–Kier alpha value is -3.02. The van der Waals surface area contributed by atoms with Gasteiger partial charge >= 0.3 is 0 Å². The summed E-state index contributed by atoms with van der Waals surface area (Å²) in [5.74, 6) is 1.68. The third-order valence-corrected chi connectivity index (χ3v) is 4.09.